The molecule has 0 bridgehead atoms. The maximum absolute atomic E-state index is 11.5. The van der Waals surface area contributed by atoms with Gasteiger partial charge in [-0.05, 0) is 13.8 Å². The Morgan fingerprint density at radius 3 is 2.31 bits per heavy atom. The van der Waals surface area contributed by atoms with Gasteiger partial charge in [0.2, 0.25) is 0 Å². The van der Waals surface area contributed by atoms with Crippen molar-refractivity contribution in [2.75, 3.05) is 19.6 Å². The maximum atomic E-state index is 11.5. The summed E-state index contributed by atoms with van der Waals surface area (Å²) < 4.78 is 26.9. The average Bonchev–Trinajstić information content (AvgIpc) is 1.97. The Morgan fingerprint density at radius 1 is 1.46 bits per heavy atom. The first kappa shape index (κ1) is 12.8. The molecule has 5 nitrogen and oxygen atoms in total. The zero-order valence-corrected chi connectivity index (χ0v) is 9.26. The summed E-state index contributed by atoms with van der Waals surface area (Å²) in [7, 11) is -3.33. The summed E-state index contributed by atoms with van der Waals surface area (Å²) in [5, 5.41) is 0. The van der Waals surface area contributed by atoms with E-state index in [1.165, 1.54) is 4.31 Å². The molecular weight excluding hydrogens is 190 g/mol. The predicted molar refractivity (Wildman–Crippen MR) is 53.5 cm³/mol. The molecule has 0 unspecified atom stereocenters. The Labute approximate surface area is 80.5 Å². The van der Waals surface area contributed by atoms with E-state index in [0.29, 0.717) is 19.6 Å². The second kappa shape index (κ2) is 5.54. The third kappa shape index (κ3) is 4.56. The van der Waals surface area contributed by atoms with Crippen molar-refractivity contribution in [3.05, 3.63) is 0 Å². The lowest BCUT2D eigenvalue weighted by molar-refractivity contribution is 0.421. The number of nitrogens with one attached hydrogen (secondary N) is 1. The highest BCUT2D eigenvalue weighted by Gasteiger charge is 2.19. The molecule has 0 fully saturated rings. The van der Waals surface area contributed by atoms with Crippen LogP contribution >= 0.6 is 0 Å². The van der Waals surface area contributed by atoms with Crippen LogP contribution in [0.3, 0.4) is 0 Å². The summed E-state index contributed by atoms with van der Waals surface area (Å²) in [5.74, 6) is 0. The van der Waals surface area contributed by atoms with E-state index in [1.807, 2.05) is 0 Å². The lowest BCUT2D eigenvalue weighted by Gasteiger charge is -2.21. The fourth-order valence-corrected chi connectivity index (χ4v) is 2.40. The van der Waals surface area contributed by atoms with Crippen molar-refractivity contribution >= 4 is 10.2 Å². The molecule has 3 N–H and O–H groups in total. The zero-order valence-electron chi connectivity index (χ0n) is 8.45. The number of likely N-dealkylation sites (N-methyl/N-ethyl adjacent to an activating group) is 1. The summed E-state index contributed by atoms with van der Waals surface area (Å²) in [5.41, 5.74) is 5.30. The van der Waals surface area contributed by atoms with Crippen LogP contribution < -0.4 is 10.5 Å². The summed E-state index contributed by atoms with van der Waals surface area (Å²) in [6.07, 6.45) is 0. The minimum Gasteiger partial charge on any atom is -0.329 e. The van der Waals surface area contributed by atoms with Crippen molar-refractivity contribution < 1.29 is 8.42 Å². The van der Waals surface area contributed by atoms with Gasteiger partial charge in [0.15, 0.2) is 0 Å². The van der Waals surface area contributed by atoms with E-state index in [2.05, 4.69) is 4.72 Å². The molecule has 0 amide bonds. The lowest BCUT2D eigenvalue weighted by Crippen LogP contribution is -2.45. The molecule has 0 saturated carbocycles. The van der Waals surface area contributed by atoms with Crippen LogP contribution in [0.1, 0.15) is 20.8 Å². The average molecular weight is 209 g/mol. The number of nitrogens with zero attached hydrogens (tertiary/aromatic N) is 1. The molecule has 0 aromatic rings. The van der Waals surface area contributed by atoms with Crippen LogP contribution in [0.5, 0.6) is 0 Å². The van der Waals surface area contributed by atoms with E-state index in [9.17, 15) is 8.42 Å². The molecule has 0 aromatic carbocycles. The van der Waals surface area contributed by atoms with Crippen LogP contribution in [-0.2, 0) is 10.2 Å². The molecule has 0 radical (unpaired) electrons. The largest absolute Gasteiger partial charge is 0.329 e. The molecule has 0 rings (SSSR count). The first-order valence-electron chi connectivity index (χ1n) is 4.41. The first-order valence-corrected chi connectivity index (χ1v) is 5.85. The number of hydrogen-bond donors (Lipinski definition) is 2. The molecule has 0 saturated heterocycles. The van der Waals surface area contributed by atoms with Crippen LogP contribution in [0.4, 0.5) is 0 Å². The molecule has 6 heteroatoms. The molecule has 0 atom stereocenters. The van der Waals surface area contributed by atoms with Crippen molar-refractivity contribution in [3.63, 3.8) is 0 Å². The van der Waals surface area contributed by atoms with Gasteiger partial charge in [0.25, 0.3) is 10.2 Å². The smallest absolute Gasteiger partial charge is 0.279 e. The van der Waals surface area contributed by atoms with Gasteiger partial charge in [0.05, 0.1) is 0 Å². The van der Waals surface area contributed by atoms with Gasteiger partial charge in [-0.2, -0.15) is 17.4 Å². The second-order valence-corrected chi connectivity index (χ2v) is 4.76. The number of hydrogen-bond acceptors (Lipinski definition) is 3. The van der Waals surface area contributed by atoms with Crippen molar-refractivity contribution in [1.82, 2.24) is 9.03 Å². The van der Waals surface area contributed by atoms with Gasteiger partial charge in [-0.15, -0.1) is 0 Å². The minimum absolute atomic E-state index is 0.0863. The van der Waals surface area contributed by atoms with Crippen molar-refractivity contribution in [1.29, 1.82) is 0 Å². The monoisotopic (exact) mass is 209 g/mol. The van der Waals surface area contributed by atoms with Gasteiger partial charge in [0, 0.05) is 25.7 Å². The predicted octanol–water partition coefficient (Wildman–Crippen LogP) is -0.490. The minimum atomic E-state index is -3.33. The summed E-state index contributed by atoms with van der Waals surface area (Å²) in [6, 6.07) is -0.0863. The van der Waals surface area contributed by atoms with Gasteiger partial charge >= 0.3 is 0 Å². The Kier molecular flexibility index (Phi) is 5.46. The molecule has 80 valence electrons. The molecule has 13 heavy (non-hydrogen) atoms. The fourth-order valence-electron chi connectivity index (χ4n) is 0.965. The molecule has 0 heterocycles. The Hall–Kier alpha value is -0.170. The Balaban J connectivity index is 4.39. The summed E-state index contributed by atoms with van der Waals surface area (Å²) >= 11 is 0. The quantitative estimate of drug-likeness (QED) is 0.620. The van der Waals surface area contributed by atoms with E-state index < -0.39 is 10.2 Å². The highest BCUT2D eigenvalue weighted by molar-refractivity contribution is 7.87. The zero-order chi connectivity index (χ0) is 10.5. The lowest BCUT2D eigenvalue weighted by atomic mass is 10.4. The molecule has 0 aromatic heterocycles. The molecule has 0 aliphatic heterocycles. The SMILES string of the molecule is CCN(CCN)S(=O)(=O)NC(C)C. The van der Waals surface area contributed by atoms with Gasteiger partial charge in [-0.25, -0.2) is 0 Å². The van der Waals surface area contributed by atoms with Crippen LogP contribution in [0.15, 0.2) is 0 Å². The van der Waals surface area contributed by atoms with E-state index in [1.54, 1.807) is 20.8 Å². The maximum Gasteiger partial charge on any atom is 0.279 e. The van der Waals surface area contributed by atoms with Crippen LogP contribution in [0.25, 0.3) is 0 Å². The van der Waals surface area contributed by atoms with Crippen LogP contribution in [-0.4, -0.2) is 38.4 Å². The summed E-state index contributed by atoms with van der Waals surface area (Å²) in [6.45, 7) is 6.50. The second-order valence-electron chi connectivity index (χ2n) is 3.06. The first-order chi connectivity index (χ1) is 5.94. The molecule has 0 aliphatic rings. The third-order valence-corrected chi connectivity index (χ3v) is 3.35. The normalized spacial score (nSPS) is 12.8. The Morgan fingerprint density at radius 2 is 2.00 bits per heavy atom. The number of rotatable bonds is 6. The van der Waals surface area contributed by atoms with E-state index in [4.69, 9.17) is 5.73 Å². The van der Waals surface area contributed by atoms with E-state index in [-0.39, 0.29) is 6.04 Å². The summed E-state index contributed by atoms with van der Waals surface area (Å²) in [4.78, 5) is 0. The standard InChI is InChI=1S/C7H19N3O2S/c1-4-10(6-5-8)13(11,12)9-7(2)3/h7,9H,4-6,8H2,1-3H3. The molecule has 0 spiro atoms. The highest BCUT2D eigenvalue weighted by Crippen LogP contribution is 1.97. The molecular formula is C7H19N3O2S. The van der Waals surface area contributed by atoms with Gasteiger partial charge in [-0.3, -0.25) is 0 Å². The topological polar surface area (TPSA) is 75.4 Å². The highest BCUT2D eigenvalue weighted by atomic mass is 32.2. The fraction of sp³-hybridized carbons (Fsp3) is 1.00. The van der Waals surface area contributed by atoms with E-state index in [0.717, 1.165) is 0 Å². The Bertz CT molecular complexity index is 226. The van der Waals surface area contributed by atoms with Gasteiger partial charge < -0.3 is 5.73 Å². The van der Waals surface area contributed by atoms with Crippen molar-refractivity contribution in [2.45, 2.75) is 26.8 Å². The van der Waals surface area contributed by atoms with Gasteiger partial charge in [0.1, 0.15) is 0 Å². The number of nitrogens with two attached hydrogens (primary N) is 1. The third-order valence-electron chi connectivity index (χ3n) is 1.46. The molecule has 0 aliphatic carbocycles. The van der Waals surface area contributed by atoms with E-state index >= 15 is 0 Å². The van der Waals surface area contributed by atoms with Crippen molar-refractivity contribution in [3.8, 4) is 0 Å². The van der Waals surface area contributed by atoms with Crippen LogP contribution in [0.2, 0.25) is 0 Å². The van der Waals surface area contributed by atoms with Crippen LogP contribution in [0, 0.1) is 0 Å². The van der Waals surface area contributed by atoms with Crippen molar-refractivity contribution in [2.24, 2.45) is 5.73 Å². The van der Waals surface area contributed by atoms with Gasteiger partial charge in [-0.1, -0.05) is 6.92 Å².